The summed E-state index contributed by atoms with van der Waals surface area (Å²) in [6.07, 6.45) is 0. The van der Waals surface area contributed by atoms with Crippen molar-refractivity contribution < 1.29 is 5.94 Å². The topological polar surface area (TPSA) is 3.88 Å². The predicted molar refractivity (Wildman–Crippen MR) is 127 cm³/mol. The van der Waals surface area contributed by atoms with Crippen LogP contribution in [0.5, 0.6) is 0 Å². The fraction of sp³-hybridized carbons (Fsp3) is 0.464. The first kappa shape index (κ1) is 20.1. The van der Waals surface area contributed by atoms with E-state index in [0.29, 0.717) is 23.8 Å². The standard InChI is InChI=1S/C28H38N/c1-16(2)27(17(3)4)24-15-23-14-21(8)29(10)28(26(23)13-20(24)7)25-12-18(5)11-19(6)22(25)9/h11-17,27H,1-10H3/q+1/i14D. The predicted octanol–water partition coefficient (Wildman–Crippen LogP) is 7.27. The Balaban J connectivity index is 2.46. The largest absolute Gasteiger partial charge is 0.220 e. The van der Waals surface area contributed by atoms with Gasteiger partial charge >= 0.3 is 0 Å². The van der Waals surface area contributed by atoms with Crippen LogP contribution in [-0.4, -0.2) is 0 Å². The van der Waals surface area contributed by atoms with Gasteiger partial charge in [0.15, 0.2) is 5.69 Å². The normalized spacial score (nSPS) is 12.5. The Morgan fingerprint density at radius 1 is 0.828 bits per heavy atom. The first-order chi connectivity index (χ1) is 14.0. The maximum Gasteiger partial charge on any atom is 0.220 e. The lowest BCUT2D eigenvalue weighted by Gasteiger charge is -2.27. The molecule has 29 heavy (non-hydrogen) atoms. The Hall–Kier alpha value is -2.15. The smallest absolute Gasteiger partial charge is 0.198 e. The Bertz CT molecular complexity index is 1110. The van der Waals surface area contributed by atoms with Crippen molar-refractivity contribution in [1.82, 2.24) is 0 Å². The summed E-state index contributed by atoms with van der Waals surface area (Å²) in [7, 11) is 2.10. The number of aromatic nitrogens is 1. The Morgan fingerprint density at radius 2 is 1.45 bits per heavy atom. The molecule has 154 valence electrons. The minimum absolute atomic E-state index is 0.495. The summed E-state index contributed by atoms with van der Waals surface area (Å²) in [6.45, 7) is 20.2. The molecule has 0 unspecified atom stereocenters. The lowest BCUT2D eigenvalue weighted by Crippen LogP contribution is -2.35. The van der Waals surface area contributed by atoms with Crippen LogP contribution in [0, 0.1) is 46.5 Å². The van der Waals surface area contributed by atoms with Crippen LogP contribution in [-0.2, 0) is 7.05 Å². The summed E-state index contributed by atoms with van der Waals surface area (Å²) in [5.41, 5.74) is 10.2. The fourth-order valence-corrected chi connectivity index (χ4v) is 5.11. The molecular weight excluding hydrogens is 350 g/mol. The van der Waals surface area contributed by atoms with E-state index >= 15 is 0 Å². The van der Waals surface area contributed by atoms with Gasteiger partial charge in [0.25, 0.3) is 0 Å². The SMILES string of the molecule is [2H]c1c(C)[n+](C)c(-c2cc(C)cc(C)c2C)c2cc(C)c(C(C(C)C)C(C)C)cc12. The molecule has 1 nitrogen and oxygen atoms in total. The van der Waals surface area contributed by atoms with E-state index in [0.717, 1.165) is 11.1 Å². The van der Waals surface area contributed by atoms with Crippen molar-refractivity contribution in [3.05, 3.63) is 63.8 Å². The maximum atomic E-state index is 8.93. The van der Waals surface area contributed by atoms with Gasteiger partial charge in [0.2, 0.25) is 5.69 Å². The van der Waals surface area contributed by atoms with Gasteiger partial charge < -0.3 is 0 Å². The molecule has 3 aromatic rings. The molecule has 0 saturated carbocycles. The summed E-state index contributed by atoms with van der Waals surface area (Å²) in [5.74, 6) is 1.63. The molecule has 2 aromatic carbocycles. The molecule has 0 aliphatic heterocycles. The fourth-order valence-electron chi connectivity index (χ4n) is 5.11. The van der Waals surface area contributed by atoms with Crippen LogP contribution in [0.1, 0.15) is 68.5 Å². The van der Waals surface area contributed by atoms with Crippen LogP contribution in [0.15, 0.2) is 30.3 Å². The van der Waals surface area contributed by atoms with Crippen molar-refractivity contribution in [2.45, 2.75) is 68.2 Å². The molecule has 0 spiro atoms. The van der Waals surface area contributed by atoms with Crippen molar-refractivity contribution in [2.24, 2.45) is 18.9 Å². The molecule has 0 fully saturated rings. The number of hydrogen-bond acceptors (Lipinski definition) is 0. The van der Waals surface area contributed by atoms with Crippen LogP contribution < -0.4 is 4.57 Å². The van der Waals surface area contributed by atoms with Crippen LogP contribution >= 0.6 is 0 Å². The molecule has 1 heterocycles. The van der Waals surface area contributed by atoms with E-state index in [1.165, 1.54) is 44.5 Å². The third kappa shape index (κ3) is 3.84. The monoisotopic (exact) mass is 389 g/mol. The zero-order valence-corrected chi connectivity index (χ0v) is 20.0. The van der Waals surface area contributed by atoms with E-state index in [9.17, 15) is 0 Å². The van der Waals surface area contributed by atoms with E-state index in [2.05, 4.69) is 98.2 Å². The summed E-state index contributed by atoms with van der Waals surface area (Å²) in [4.78, 5) is 0. The van der Waals surface area contributed by atoms with Gasteiger partial charge in [0.1, 0.15) is 7.05 Å². The van der Waals surface area contributed by atoms with Crippen molar-refractivity contribution in [2.75, 3.05) is 0 Å². The van der Waals surface area contributed by atoms with E-state index in [1.807, 2.05) is 0 Å². The van der Waals surface area contributed by atoms with Gasteiger partial charge in [-0.1, -0.05) is 45.4 Å². The number of fused-ring (bicyclic) bond motifs is 1. The second kappa shape index (κ2) is 7.94. The minimum atomic E-state index is 0.495. The highest BCUT2D eigenvalue weighted by Crippen LogP contribution is 2.38. The van der Waals surface area contributed by atoms with Crippen molar-refractivity contribution in [3.8, 4) is 11.3 Å². The van der Waals surface area contributed by atoms with Crippen molar-refractivity contribution >= 4 is 10.8 Å². The third-order valence-electron chi connectivity index (χ3n) is 6.68. The van der Waals surface area contributed by atoms with Gasteiger partial charge in [-0.15, -0.1) is 0 Å². The number of hydrogen-bond donors (Lipinski definition) is 0. The Kier molecular flexibility index (Phi) is 5.51. The molecule has 0 aliphatic rings. The van der Waals surface area contributed by atoms with Gasteiger partial charge in [-0.3, -0.25) is 0 Å². The van der Waals surface area contributed by atoms with Crippen LogP contribution in [0.4, 0.5) is 0 Å². The van der Waals surface area contributed by atoms with Crippen LogP contribution in [0.2, 0.25) is 0 Å². The number of aryl methyl sites for hydroxylation is 3. The molecule has 0 radical (unpaired) electrons. The maximum absolute atomic E-state index is 8.93. The second-order valence-electron chi connectivity index (χ2n) is 9.64. The van der Waals surface area contributed by atoms with Crippen molar-refractivity contribution in [3.63, 3.8) is 0 Å². The summed E-state index contributed by atoms with van der Waals surface area (Å²) in [6, 6.07) is 9.87. The molecule has 0 amide bonds. The van der Waals surface area contributed by atoms with Gasteiger partial charge in [-0.25, -0.2) is 0 Å². The molecular formula is C28H38N+. The van der Waals surface area contributed by atoms with Gasteiger partial charge in [-0.2, -0.15) is 4.57 Å². The van der Waals surface area contributed by atoms with Gasteiger partial charge in [0, 0.05) is 13.0 Å². The first-order valence-corrected chi connectivity index (χ1v) is 11.0. The van der Waals surface area contributed by atoms with Gasteiger partial charge in [0.05, 0.1) is 12.3 Å². The molecule has 0 saturated heterocycles. The number of rotatable bonds is 4. The second-order valence-corrected chi connectivity index (χ2v) is 9.64. The molecule has 0 bridgehead atoms. The summed E-state index contributed by atoms with van der Waals surface area (Å²) < 4.78 is 11.1. The van der Waals surface area contributed by atoms with E-state index in [4.69, 9.17) is 1.37 Å². The minimum Gasteiger partial charge on any atom is -0.198 e. The van der Waals surface area contributed by atoms with E-state index in [1.54, 1.807) is 0 Å². The molecule has 1 aromatic heterocycles. The molecule has 1 heteroatoms. The lowest BCUT2D eigenvalue weighted by atomic mass is 9.77. The highest BCUT2D eigenvalue weighted by atomic mass is 14.9. The van der Waals surface area contributed by atoms with Crippen LogP contribution in [0.3, 0.4) is 0 Å². The Morgan fingerprint density at radius 3 is 2.03 bits per heavy atom. The number of benzene rings is 2. The summed E-state index contributed by atoms with van der Waals surface area (Å²) >= 11 is 0. The highest BCUT2D eigenvalue weighted by Gasteiger charge is 2.25. The number of nitrogens with zero attached hydrogens (tertiary/aromatic N) is 1. The number of pyridine rings is 1. The first-order valence-electron chi connectivity index (χ1n) is 11.5. The molecule has 3 rings (SSSR count). The average Bonchev–Trinajstić information content (AvgIpc) is 2.64. The lowest BCUT2D eigenvalue weighted by molar-refractivity contribution is -0.665. The molecule has 0 N–H and O–H groups in total. The van der Waals surface area contributed by atoms with Crippen molar-refractivity contribution in [1.29, 1.82) is 0 Å². The molecule has 0 aliphatic carbocycles. The quantitative estimate of drug-likeness (QED) is 0.413. The average molecular weight is 390 g/mol. The summed E-state index contributed by atoms with van der Waals surface area (Å²) in [5, 5.41) is 2.26. The Labute approximate surface area is 179 Å². The van der Waals surface area contributed by atoms with Gasteiger partial charge in [-0.05, 0) is 85.2 Å². The van der Waals surface area contributed by atoms with E-state index < -0.39 is 0 Å². The zero-order valence-electron chi connectivity index (χ0n) is 21.0. The van der Waals surface area contributed by atoms with E-state index in [-0.39, 0.29) is 0 Å². The van der Waals surface area contributed by atoms with Crippen LogP contribution in [0.25, 0.3) is 22.0 Å². The third-order valence-corrected chi connectivity index (χ3v) is 6.68. The zero-order chi connectivity index (χ0) is 22.5. The highest BCUT2D eigenvalue weighted by molar-refractivity contribution is 5.95. The molecule has 0 atom stereocenters.